The minimum Gasteiger partial charge on any atom is -0.462 e. The van der Waals surface area contributed by atoms with Gasteiger partial charge in [0.05, 0.1) is 24.5 Å². The molecule has 0 bridgehead atoms. The lowest BCUT2D eigenvalue weighted by Gasteiger charge is -2.44. The summed E-state index contributed by atoms with van der Waals surface area (Å²) in [5.41, 5.74) is 3.72. The lowest BCUT2D eigenvalue weighted by molar-refractivity contribution is -0.160. The molecule has 5 aromatic rings. The molecule has 0 aromatic heterocycles. The van der Waals surface area contributed by atoms with Crippen molar-refractivity contribution in [3.63, 3.8) is 0 Å². The molecule has 1 aliphatic carbocycles. The third-order valence-electron chi connectivity index (χ3n) is 11.9. The molecule has 5 nitrogen and oxygen atoms in total. The van der Waals surface area contributed by atoms with E-state index in [1.807, 2.05) is 30.3 Å². The molecule has 6 rings (SSSR count). The van der Waals surface area contributed by atoms with Gasteiger partial charge in [0.25, 0.3) is 8.32 Å². The number of esters is 1. The molecule has 0 aliphatic heterocycles. The molecule has 1 amide bonds. The van der Waals surface area contributed by atoms with Crippen molar-refractivity contribution >= 4 is 30.6 Å². The van der Waals surface area contributed by atoms with Gasteiger partial charge >= 0.3 is 5.97 Å². The minimum absolute atomic E-state index is 0.0710. The van der Waals surface area contributed by atoms with Gasteiger partial charge in [0.1, 0.15) is 6.10 Å². The smallest absolute Gasteiger partial charge is 0.310 e. The molecule has 1 fully saturated rings. The number of aryl methyl sites for hydroxylation is 2. The Morgan fingerprint density at radius 1 is 0.621 bits per heavy atom. The maximum atomic E-state index is 14.6. The van der Waals surface area contributed by atoms with Gasteiger partial charge in [0.2, 0.25) is 5.91 Å². The fraction of sp³-hybridized carbons (Fsp3) is 0.385. The van der Waals surface area contributed by atoms with E-state index in [9.17, 15) is 9.59 Å². The quantitative estimate of drug-likeness (QED) is 0.0668. The van der Waals surface area contributed by atoms with E-state index >= 15 is 0 Å². The zero-order valence-corrected chi connectivity index (χ0v) is 35.9. The molecule has 0 spiro atoms. The van der Waals surface area contributed by atoms with E-state index in [0.29, 0.717) is 25.9 Å². The lowest BCUT2D eigenvalue weighted by atomic mass is 9.78. The summed E-state index contributed by atoms with van der Waals surface area (Å²) in [7, 11) is -2.86. The Hall–Kier alpha value is -4.78. The van der Waals surface area contributed by atoms with E-state index in [1.54, 1.807) is 0 Å². The van der Waals surface area contributed by atoms with Crippen LogP contribution < -0.4 is 15.7 Å². The van der Waals surface area contributed by atoms with Crippen molar-refractivity contribution in [3.8, 4) is 0 Å². The van der Waals surface area contributed by atoms with Gasteiger partial charge in [-0.05, 0) is 89.9 Å². The Balaban J connectivity index is 1.19. The lowest BCUT2D eigenvalue weighted by Crippen LogP contribution is -2.67. The van der Waals surface area contributed by atoms with Crippen molar-refractivity contribution in [1.82, 2.24) is 5.32 Å². The zero-order chi connectivity index (χ0) is 40.6. The van der Waals surface area contributed by atoms with Crippen LogP contribution in [0.1, 0.15) is 88.8 Å². The minimum atomic E-state index is -2.86. The first-order valence-electron chi connectivity index (χ1n) is 21.6. The van der Waals surface area contributed by atoms with Crippen molar-refractivity contribution < 1.29 is 18.8 Å². The van der Waals surface area contributed by atoms with E-state index in [1.165, 1.54) is 21.5 Å². The van der Waals surface area contributed by atoms with Gasteiger partial charge in [-0.3, -0.25) is 9.59 Å². The van der Waals surface area contributed by atoms with Gasteiger partial charge in [-0.1, -0.05) is 185 Å². The number of carbonyl (C=O) groups is 2. The van der Waals surface area contributed by atoms with Gasteiger partial charge in [-0.15, -0.1) is 0 Å². The molecule has 1 N–H and O–H groups in total. The molecule has 304 valence electrons. The maximum absolute atomic E-state index is 14.6. The molecule has 58 heavy (non-hydrogen) atoms. The Kier molecular flexibility index (Phi) is 15.7. The van der Waals surface area contributed by atoms with Gasteiger partial charge in [0.15, 0.2) is 0 Å². The summed E-state index contributed by atoms with van der Waals surface area (Å²) in [5.74, 6) is -1.19. The van der Waals surface area contributed by atoms with Gasteiger partial charge in [0, 0.05) is 0 Å². The maximum Gasteiger partial charge on any atom is 0.310 e. The summed E-state index contributed by atoms with van der Waals surface area (Å²) < 4.78 is 13.8. The first-order chi connectivity index (χ1) is 28.2. The molecule has 0 heterocycles. The summed E-state index contributed by atoms with van der Waals surface area (Å²) in [5, 5.41) is 5.66. The number of rotatable bonds is 19. The first-order valence-corrected chi connectivity index (χ1v) is 23.5. The molecule has 6 heteroatoms. The average Bonchev–Trinajstić information content (AvgIpc) is 3.25. The van der Waals surface area contributed by atoms with Crippen LogP contribution in [-0.2, 0) is 38.0 Å². The van der Waals surface area contributed by atoms with Gasteiger partial charge in [-0.2, -0.15) is 0 Å². The van der Waals surface area contributed by atoms with E-state index in [0.717, 1.165) is 56.9 Å². The Bertz CT molecular complexity index is 1870. The number of hydrogen-bond donors (Lipinski definition) is 1. The summed E-state index contributed by atoms with van der Waals surface area (Å²) in [6.07, 6.45) is 8.99. The Labute approximate surface area is 348 Å². The number of hydrogen-bond acceptors (Lipinski definition) is 4. The second-order valence-electron chi connectivity index (χ2n) is 17.2. The number of ether oxygens (including phenoxy) is 1. The van der Waals surface area contributed by atoms with Crippen LogP contribution in [0.3, 0.4) is 0 Å². The summed E-state index contributed by atoms with van der Waals surface area (Å²) >= 11 is 0. The average molecular weight is 794 g/mol. The van der Waals surface area contributed by atoms with Crippen molar-refractivity contribution in [2.75, 3.05) is 6.61 Å². The van der Waals surface area contributed by atoms with E-state index < -0.39 is 20.2 Å². The molecule has 1 saturated carbocycles. The highest BCUT2D eigenvalue weighted by Crippen LogP contribution is 2.37. The largest absolute Gasteiger partial charge is 0.462 e. The van der Waals surface area contributed by atoms with E-state index in [2.05, 4.69) is 147 Å². The predicted molar refractivity (Wildman–Crippen MR) is 240 cm³/mol. The molecule has 1 aliphatic rings. The van der Waals surface area contributed by atoms with Gasteiger partial charge < -0.3 is 14.5 Å². The summed E-state index contributed by atoms with van der Waals surface area (Å²) in [6, 6.07) is 52.3. The van der Waals surface area contributed by atoms with E-state index in [-0.39, 0.29) is 29.1 Å². The standard InChI is InChI=1S/C52H63NO4Si/c1-52(2,3)58(46-33-15-7-16-34-46,47-35-17-8-18-36-47)56-40-44(39-43-27-13-6-14-28-43)53-50(54)48-37-19-20-38-49(48)51(55)57-45(31-21-29-41-23-9-4-10-24-41)32-22-30-42-25-11-5-12-26-42/h4-18,23-28,33-36,44-45,48-49H,19-22,29-32,37-40H2,1-3H3,(H,53,54)/t44-,48?,49-/m1/s1. The van der Waals surface area contributed by atoms with Crippen LogP contribution >= 0.6 is 0 Å². The van der Waals surface area contributed by atoms with Crippen LogP contribution in [0.5, 0.6) is 0 Å². The van der Waals surface area contributed by atoms with Crippen LogP contribution in [0, 0.1) is 11.8 Å². The second-order valence-corrected chi connectivity index (χ2v) is 21.5. The first kappa shape index (κ1) is 42.8. The monoisotopic (exact) mass is 793 g/mol. The molecule has 5 aromatic carbocycles. The van der Waals surface area contributed by atoms with Crippen molar-refractivity contribution in [1.29, 1.82) is 0 Å². The SMILES string of the molecule is CC(C)(C)[Si](OC[C@@H](Cc1ccccc1)NC(=O)C1CCCC[C@H]1C(=O)OC(CCCc1ccccc1)CCCc1ccccc1)(c1ccccc1)c1ccccc1. The number of benzene rings is 5. The highest BCUT2D eigenvalue weighted by atomic mass is 28.4. The molecule has 0 saturated heterocycles. The fourth-order valence-corrected chi connectivity index (χ4v) is 13.6. The highest BCUT2D eigenvalue weighted by Gasteiger charge is 2.50. The molecular formula is C52H63NO4Si. The molecule has 1 unspecified atom stereocenters. The number of amides is 1. The zero-order valence-electron chi connectivity index (χ0n) is 34.9. The molecule has 3 atom stereocenters. The third kappa shape index (κ3) is 11.7. The summed E-state index contributed by atoms with van der Waals surface area (Å²) in [6.45, 7) is 7.18. The van der Waals surface area contributed by atoms with Crippen molar-refractivity contribution in [3.05, 3.63) is 168 Å². The van der Waals surface area contributed by atoms with Crippen molar-refractivity contribution in [2.45, 2.75) is 109 Å². The molecular weight excluding hydrogens is 731 g/mol. The topological polar surface area (TPSA) is 64.6 Å². The Morgan fingerprint density at radius 2 is 1.05 bits per heavy atom. The second kappa shape index (κ2) is 21.3. The van der Waals surface area contributed by atoms with Gasteiger partial charge in [-0.25, -0.2) is 0 Å². The highest BCUT2D eigenvalue weighted by molar-refractivity contribution is 6.99. The van der Waals surface area contributed by atoms with Crippen LogP contribution in [-0.4, -0.2) is 38.9 Å². The predicted octanol–water partition coefficient (Wildman–Crippen LogP) is 10.1. The normalized spacial score (nSPS) is 16.4. The number of carbonyl (C=O) groups excluding carboxylic acids is 2. The van der Waals surface area contributed by atoms with Crippen LogP contribution in [0.4, 0.5) is 0 Å². The van der Waals surface area contributed by atoms with E-state index in [4.69, 9.17) is 9.16 Å². The number of nitrogens with one attached hydrogen (secondary N) is 1. The Morgan fingerprint density at radius 3 is 1.52 bits per heavy atom. The van der Waals surface area contributed by atoms with Crippen molar-refractivity contribution in [2.24, 2.45) is 11.8 Å². The molecule has 0 radical (unpaired) electrons. The van der Waals surface area contributed by atoms with Crippen LogP contribution in [0.25, 0.3) is 0 Å². The van der Waals surface area contributed by atoms with Crippen LogP contribution in [0.2, 0.25) is 5.04 Å². The third-order valence-corrected chi connectivity index (χ3v) is 17.0. The van der Waals surface area contributed by atoms with Crippen LogP contribution in [0.15, 0.2) is 152 Å². The summed E-state index contributed by atoms with van der Waals surface area (Å²) in [4.78, 5) is 28.8. The fourth-order valence-electron chi connectivity index (χ4n) is 8.94.